The van der Waals surface area contributed by atoms with Crippen LogP contribution < -0.4 is 9.64 Å². The number of methoxy groups -OCH3 is 1. The van der Waals surface area contributed by atoms with Gasteiger partial charge in [0.25, 0.3) is 0 Å². The predicted octanol–water partition coefficient (Wildman–Crippen LogP) is 2.42. The van der Waals surface area contributed by atoms with E-state index in [1.165, 1.54) is 16.6 Å². The van der Waals surface area contributed by atoms with Crippen molar-refractivity contribution in [1.29, 1.82) is 0 Å². The first-order valence-electron chi connectivity index (χ1n) is 10.2. The van der Waals surface area contributed by atoms with Gasteiger partial charge in [-0.1, -0.05) is 0 Å². The maximum Gasteiger partial charge on any atom is 0.226 e. The van der Waals surface area contributed by atoms with Gasteiger partial charge in [-0.3, -0.25) is 4.79 Å². The van der Waals surface area contributed by atoms with E-state index in [0.717, 1.165) is 62.7 Å². The van der Waals surface area contributed by atoms with Crippen molar-refractivity contribution < 1.29 is 9.53 Å². The Kier molecular flexibility index (Phi) is 4.58. The second-order valence-corrected chi connectivity index (χ2v) is 7.79. The molecule has 1 aliphatic carbocycles. The molecule has 1 atom stereocenters. The van der Waals surface area contributed by atoms with Crippen molar-refractivity contribution in [3.63, 3.8) is 0 Å². The molecule has 3 heterocycles. The molecule has 0 saturated carbocycles. The van der Waals surface area contributed by atoms with E-state index < -0.39 is 0 Å². The molecule has 0 spiro atoms. The molecular formula is C22H25N5O2. The zero-order chi connectivity index (χ0) is 19.8. The van der Waals surface area contributed by atoms with Crippen LogP contribution in [-0.2, 0) is 17.6 Å². The minimum Gasteiger partial charge on any atom is -0.497 e. The number of carbonyl (C=O) groups excluding carboxylic acids is 1. The number of H-pyrrole nitrogens is 1. The Morgan fingerprint density at radius 1 is 1.17 bits per heavy atom. The van der Waals surface area contributed by atoms with Crippen LogP contribution in [0.2, 0.25) is 0 Å². The Hall–Kier alpha value is -3.09. The molecule has 1 aromatic carbocycles. The molecule has 2 aromatic heterocycles. The summed E-state index contributed by atoms with van der Waals surface area (Å²) in [5, 5.41) is 1.18. The number of aromatic amines is 1. The minimum absolute atomic E-state index is 0.0484. The Morgan fingerprint density at radius 2 is 1.97 bits per heavy atom. The van der Waals surface area contributed by atoms with Gasteiger partial charge < -0.3 is 19.5 Å². The summed E-state index contributed by atoms with van der Waals surface area (Å²) in [5.41, 5.74) is 3.67. The molecule has 7 heteroatoms. The van der Waals surface area contributed by atoms with Gasteiger partial charge in [-0.25, -0.2) is 9.97 Å². The van der Waals surface area contributed by atoms with Crippen LogP contribution >= 0.6 is 0 Å². The number of benzene rings is 1. The fourth-order valence-corrected chi connectivity index (χ4v) is 4.57. The first-order chi connectivity index (χ1) is 14.2. The molecule has 7 nitrogen and oxygen atoms in total. The third-order valence-electron chi connectivity index (χ3n) is 6.17. The van der Waals surface area contributed by atoms with E-state index in [-0.39, 0.29) is 11.8 Å². The largest absolute Gasteiger partial charge is 0.497 e. The van der Waals surface area contributed by atoms with E-state index in [9.17, 15) is 4.79 Å². The Morgan fingerprint density at radius 3 is 2.72 bits per heavy atom. The fraction of sp³-hybridized carbons (Fsp3) is 0.409. The number of carbonyl (C=O) groups is 1. The highest BCUT2D eigenvalue weighted by atomic mass is 16.5. The highest BCUT2D eigenvalue weighted by molar-refractivity contribution is 5.88. The Bertz CT molecular complexity index is 1020. The molecule has 1 saturated heterocycles. The molecule has 1 fully saturated rings. The number of rotatable bonds is 3. The van der Waals surface area contributed by atoms with Gasteiger partial charge in [-0.05, 0) is 49.1 Å². The van der Waals surface area contributed by atoms with E-state index in [4.69, 9.17) is 4.74 Å². The molecule has 1 amide bonds. The number of fused-ring (bicyclic) bond motifs is 3. The molecule has 29 heavy (non-hydrogen) atoms. The summed E-state index contributed by atoms with van der Waals surface area (Å²) in [4.78, 5) is 29.6. The second kappa shape index (κ2) is 7.39. The van der Waals surface area contributed by atoms with E-state index >= 15 is 0 Å². The topological polar surface area (TPSA) is 74.4 Å². The summed E-state index contributed by atoms with van der Waals surface area (Å²) in [5.74, 6) is 1.93. The van der Waals surface area contributed by atoms with Gasteiger partial charge >= 0.3 is 0 Å². The number of nitrogens with zero attached hydrogens (tertiary/aromatic N) is 4. The minimum atomic E-state index is 0.0484. The van der Waals surface area contributed by atoms with Crippen LogP contribution in [0, 0.1) is 5.92 Å². The van der Waals surface area contributed by atoms with Crippen molar-refractivity contribution >= 4 is 22.8 Å². The average Bonchev–Trinajstić information content (AvgIpc) is 3.16. The number of aromatic nitrogens is 3. The summed E-state index contributed by atoms with van der Waals surface area (Å²) in [6.45, 7) is 3.00. The van der Waals surface area contributed by atoms with Gasteiger partial charge in [0.2, 0.25) is 11.9 Å². The summed E-state index contributed by atoms with van der Waals surface area (Å²) in [6, 6.07) is 7.94. The third-order valence-corrected chi connectivity index (χ3v) is 6.17. The summed E-state index contributed by atoms with van der Waals surface area (Å²) in [6.07, 6.45) is 6.13. The quantitative estimate of drug-likeness (QED) is 0.742. The van der Waals surface area contributed by atoms with E-state index in [1.807, 2.05) is 17.0 Å². The van der Waals surface area contributed by atoms with Crippen LogP contribution in [0.25, 0.3) is 10.9 Å². The lowest BCUT2D eigenvalue weighted by molar-refractivity contribution is -0.136. The van der Waals surface area contributed by atoms with Crippen molar-refractivity contribution in [2.24, 2.45) is 5.92 Å². The maximum atomic E-state index is 13.2. The lowest BCUT2D eigenvalue weighted by Crippen LogP contribution is -2.51. The van der Waals surface area contributed by atoms with Crippen LogP contribution in [0.15, 0.2) is 36.7 Å². The van der Waals surface area contributed by atoms with Crippen LogP contribution in [0.4, 0.5) is 5.95 Å². The van der Waals surface area contributed by atoms with Gasteiger partial charge in [0, 0.05) is 61.1 Å². The van der Waals surface area contributed by atoms with E-state index in [1.54, 1.807) is 19.5 Å². The smallest absolute Gasteiger partial charge is 0.226 e. The summed E-state index contributed by atoms with van der Waals surface area (Å²) >= 11 is 0. The molecule has 1 aliphatic heterocycles. The molecule has 3 aromatic rings. The van der Waals surface area contributed by atoms with Crippen molar-refractivity contribution in [3.05, 3.63) is 47.9 Å². The van der Waals surface area contributed by atoms with Gasteiger partial charge in [0.15, 0.2) is 0 Å². The van der Waals surface area contributed by atoms with Gasteiger partial charge in [-0.2, -0.15) is 0 Å². The zero-order valence-corrected chi connectivity index (χ0v) is 16.6. The average molecular weight is 391 g/mol. The monoisotopic (exact) mass is 391 g/mol. The lowest BCUT2D eigenvalue weighted by Gasteiger charge is -2.37. The van der Waals surface area contributed by atoms with E-state index in [0.29, 0.717) is 0 Å². The van der Waals surface area contributed by atoms with Gasteiger partial charge in [-0.15, -0.1) is 0 Å². The van der Waals surface area contributed by atoms with Crippen molar-refractivity contribution in [2.45, 2.75) is 19.3 Å². The fourth-order valence-electron chi connectivity index (χ4n) is 4.57. The second-order valence-electron chi connectivity index (χ2n) is 7.79. The highest BCUT2D eigenvalue weighted by Crippen LogP contribution is 2.34. The normalized spacial score (nSPS) is 19.3. The van der Waals surface area contributed by atoms with Crippen molar-refractivity contribution in [2.75, 3.05) is 38.2 Å². The standard InChI is InChI=1S/C22H25N5O2/c1-29-16-4-6-20-18(14-16)17-13-15(3-5-19(17)25-20)21(28)26-9-11-27(12-10-26)22-23-7-2-8-24-22/h2,4,6-8,14-15,25H,3,5,9-13H2,1H3. The number of piperazine rings is 1. The van der Waals surface area contributed by atoms with E-state index in [2.05, 4.69) is 32.0 Å². The summed E-state index contributed by atoms with van der Waals surface area (Å²) < 4.78 is 5.39. The number of anilines is 1. The Balaban J connectivity index is 1.29. The molecule has 5 rings (SSSR count). The molecule has 2 aliphatic rings. The van der Waals surface area contributed by atoms with Crippen molar-refractivity contribution in [1.82, 2.24) is 19.9 Å². The molecular weight excluding hydrogens is 366 g/mol. The zero-order valence-electron chi connectivity index (χ0n) is 16.6. The van der Waals surface area contributed by atoms with Crippen LogP contribution in [0.3, 0.4) is 0 Å². The molecule has 0 bridgehead atoms. The molecule has 150 valence electrons. The van der Waals surface area contributed by atoms with Crippen LogP contribution in [-0.4, -0.2) is 59.0 Å². The maximum absolute atomic E-state index is 13.2. The third kappa shape index (κ3) is 3.30. The van der Waals surface area contributed by atoms with Gasteiger partial charge in [0.05, 0.1) is 7.11 Å². The number of hydrogen-bond donors (Lipinski definition) is 1. The van der Waals surface area contributed by atoms with Crippen LogP contribution in [0.1, 0.15) is 17.7 Å². The highest BCUT2D eigenvalue weighted by Gasteiger charge is 2.32. The molecule has 1 unspecified atom stereocenters. The Labute approximate surface area is 169 Å². The number of aryl methyl sites for hydroxylation is 1. The first kappa shape index (κ1) is 18.0. The van der Waals surface area contributed by atoms with Crippen LogP contribution in [0.5, 0.6) is 5.75 Å². The molecule has 1 N–H and O–H groups in total. The predicted molar refractivity (Wildman–Crippen MR) is 111 cm³/mol. The van der Waals surface area contributed by atoms with Gasteiger partial charge in [0.1, 0.15) is 5.75 Å². The SMILES string of the molecule is COc1ccc2[nH]c3c(c2c1)CC(C(=O)N1CCN(c2ncccn2)CC1)CC3. The number of hydrogen-bond acceptors (Lipinski definition) is 5. The number of amides is 1. The first-order valence-corrected chi connectivity index (χ1v) is 10.2. The molecule has 0 radical (unpaired) electrons. The number of nitrogens with one attached hydrogen (secondary N) is 1. The summed E-state index contributed by atoms with van der Waals surface area (Å²) in [7, 11) is 1.69. The van der Waals surface area contributed by atoms with Crippen molar-refractivity contribution in [3.8, 4) is 5.75 Å². The lowest BCUT2D eigenvalue weighted by atomic mass is 9.85. The number of ether oxygens (including phenoxy) is 1.